The normalized spacial score (nSPS) is 35.2. The molecule has 0 amide bonds. The topological polar surface area (TPSA) is 20.3 Å². The van der Waals surface area contributed by atoms with Gasteiger partial charge in [0, 0.05) is 18.9 Å². The minimum atomic E-state index is 0.307. The van der Waals surface area contributed by atoms with E-state index in [0.717, 1.165) is 13.0 Å². The minimum Gasteiger partial charge on any atom is -0.303 e. The summed E-state index contributed by atoms with van der Waals surface area (Å²) in [5, 5.41) is 0. The van der Waals surface area contributed by atoms with E-state index in [0.29, 0.717) is 29.0 Å². The van der Waals surface area contributed by atoms with E-state index >= 15 is 0 Å². The number of Topliss-reactive ketones (excluding diaryl/α,β-unsaturated/α-hetero) is 1. The number of ketones is 1. The van der Waals surface area contributed by atoms with Gasteiger partial charge in [0.1, 0.15) is 5.78 Å². The molecule has 0 N–H and O–H groups in total. The number of likely N-dealkylation sites (tertiary alicyclic amines) is 1. The maximum Gasteiger partial charge on any atom is 0.137 e. The van der Waals surface area contributed by atoms with Gasteiger partial charge in [0.25, 0.3) is 0 Å². The van der Waals surface area contributed by atoms with E-state index in [2.05, 4.69) is 32.6 Å². The van der Waals surface area contributed by atoms with Crippen molar-refractivity contribution in [1.29, 1.82) is 0 Å². The van der Waals surface area contributed by atoms with E-state index < -0.39 is 0 Å². The first kappa shape index (κ1) is 16.0. The molecule has 1 saturated carbocycles. The number of hydrogen-bond acceptors (Lipinski definition) is 2. The van der Waals surface area contributed by atoms with Crippen molar-refractivity contribution in [3.8, 4) is 0 Å². The summed E-state index contributed by atoms with van der Waals surface area (Å²) < 4.78 is 0. The molecular weight excluding hydrogens is 246 g/mol. The maximum absolute atomic E-state index is 12.3. The summed E-state index contributed by atoms with van der Waals surface area (Å²) in [5.41, 5.74) is 0.590. The Morgan fingerprint density at radius 3 is 2.25 bits per heavy atom. The van der Waals surface area contributed by atoms with Crippen molar-refractivity contribution >= 4 is 5.78 Å². The zero-order chi connectivity index (χ0) is 14.8. The van der Waals surface area contributed by atoms with Crippen molar-refractivity contribution in [2.24, 2.45) is 23.2 Å². The summed E-state index contributed by atoms with van der Waals surface area (Å²) in [6, 6.07) is 0. The fraction of sp³-hybridized carbons (Fsp3) is 0.944. The van der Waals surface area contributed by atoms with Crippen LogP contribution in [0.15, 0.2) is 0 Å². The average molecular weight is 279 g/mol. The lowest BCUT2D eigenvalue weighted by atomic mass is 9.72. The van der Waals surface area contributed by atoms with Crippen LogP contribution in [0.3, 0.4) is 0 Å². The van der Waals surface area contributed by atoms with Crippen LogP contribution in [0.5, 0.6) is 0 Å². The standard InChI is InChI=1S/C18H33NO/c1-5-18(6-2)7-9-19(10-8-18)13-16-15(4)11-14(3)12-17(16)20/h14-16H,5-13H2,1-4H3. The Kier molecular flexibility index (Phi) is 5.28. The van der Waals surface area contributed by atoms with Crippen LogP contribution in [0.1, 0.15) is 66.2 Å². The molecule has 0 aromatic heterocycles. The van der Waals surface area contributed by atoms with Crippen LogP contribution in [-0.2, 0) is 4.79 Å². The minimum absolute atomic E-state index is 0.307. The van der Waals surface area contributed by atoms with Crippen LogP contribution in [0, 0.1) is 23.2 Å². The van der Waals surface area contributed by atoms with Gasteiger partial charge < -0.3 is 4.90 Å². The Bertz CT molecular complexity index is 324. The molecule has 3 unspecified atom stereocenters. The van der Waals surface area contributed by atoms with Gasteiger partial charge in [-0.15, -0.1) is 0 Å². The molecule has 1 saturated heterocycles. The molecule has 0 spiro atoms. The Morgan fingerprint density at radius 2 is 1.75 bits per heavy atom. The van der Waals surface area contributed by atoms with Crippen molar-refractivity contribution in [2.75, 3.05) is 19.6 Å². The van der Waals surface area contributed by atoms with Gasteiger partial charge >= 0.3 is 0 Å². The van der Waals surface area contributed by atoms with Gasteiger partial charge in [0.2, 0.25) is 0 Å². The number of carbonyl (C=O) groups is 1. The lowest BCUT2D eigenvalue weighted by Gasteiger charge is -2.43. The molecule has 2 fully saturated rings. The molecule has 2 nitrogen and oxygen atoms in total. The van der Waals surface area contributed by atoms with E-state index in [1.165, 1.54) is 45.2 Å². The van der Waals surface area contributed by atoms with Crippen molar-refractivity contribution in [3.63, 3.8) is 0 Å². The molecule has 0 radical (unpaired) electrons. The highest BCUT2D eigenvalue weighted by atomic mass is 16.1. The van der Waals surface area contributed by atoms with E-state index in [1.807, 2.05) is 0 Å². The molecule has 2 aliphatic rings. The van der Waals surface area contributed by atoms with Crippen molar-refractivity contribution in [1.82, 2.24) is 4.90 Å². The molecule has 1 heterocycles. The van der Waals surface area contributed by atoms with E-state index in [9.17, 15) is 4.79 Å². The van der Waals surface area contributed by atoms with Gasteiger partial charge in [0.05, 0.1) is 0 Å². The molecule has 2 rings (SSSR count). The second kappa shape index (κ2) is 6.60. The Hall–Kier alpha value is -0.370. The third-order valence-electron chi connectivity index (χ3n) is 6.30. The van der Waals surface area contributed by atoms with E-state index in [4.69, 9.17) is 0 Å². The molecular formula is C18H33NO. The molecule has 1 aliphatic heterocycles. The Morgan fingerprint density at radius 1 is 1.15 bits per heavy atom. The fourth-order valence-electron chi connectivity index (χ4n) is 4.42. The Labute approximate surface area is 125 Å². The highest BCUT2D eigenvalue weighted by Gasteiger charge is 2.36. The van der Waals surface area contributed by atoms with E-state index in [1.54, 1.807) is 0 Å². The summed E-state index contributed by atoms with van der Waals surface area (Å²) in [7, 11) is 0. The number of hydrogen-bond donors (Lipinski definition) is 0. The van der Waals surface area contributed by atoms with Gasteiger partial charge in [-0.1, -0.05) is 40.5 Å². The van der Waals surface area contributed by atoms with Crippen molar-refractivity contribution < 1.29 is 4.79 Å². The number of nitrogens with zero attached hydrogens (tertiary/aromatic N) is 1. The van der Waals surface area contributed by atoms with Gasteiger partial charge in [-0.25, -0.2) is 0 Å². The number of rotatable bonds is 4. The maximum atomic E-state index is 12.3. The first-order valence-electron chi connectivity index (χ1n) is 8.74. The molecule has 116 valence electrons. The van der Waals surface area contributed by atoms with Crippen LogP contribution >= 0.6 is 0 Å². The van der Waals surface area contributed by atoms with Crippen LogP contribution in [-0.4, -0.2) is 30.3 Å². The quantitative estimate of drug-likeness (QED) is 0.771. The molecule has 0 bridgehead atoms. The van der Waals surface area contributed by atoms with E-state index in [-0.39, 0.29) is 0 Å². The summed E-state index contributed by atoms with van der Waals surface area (Å²) in [6.45, 7) is 12.6. The Balaban J connectivity index is 1.87. The smallest absolute Gasteiger partial charge is 0.137 e. The van der Waals surface area contributed by atoms with Gasteiger partial charge in [-0.2, -0.15) is 0 Å². The van der Waals surface area contributed by atoms with Crippen molar-refractivity contribution in [2.45, 2.75) is 66.2 Å². The lowest BCUT2D eigenvalue weighted by Crippen LogP contribution is -2.45. The van der Waals surface area contributed by atoms with Crippen LogP contribution in [0.4, 0.5) is 0 Å². The average Bonchev–Trinajstić information content (AvgIpc) is 2.43. The molecule has 1 aliphatic carbocycles. The summed E-state index contributed by atoms with van der Waals surface area (Å²) in [4.78, 5) is 14.9. The third kappa shape index (κ3) is 3.44. The lowest BCUT2D eigenvalue weighted by molar-refractivity contribution is -0.129. The largest absolute Gasteiger partial charge is 0.303 e. The van der Waals surface area contributed by atoms with Crippen LogP contribution in [0.25, 0.3) is 0 Å². The molecule has 20 heavy (non-hydrogen) atoms. The van der Waals surface area contributed by atoms with Gasteiger partial charge in [-0.3, -0.25) is 4.79 Å². The fourth-order valence-corrected chi connectivity index (χ4v) is 4.42. The molecule has 0 aromatic carbocycles. The number of piperidine rings is 1. The number of carbonyl (C=O) groups excluding carboxylic acids is 1. The highest BCUT2D eigenvalue weighted by Crippen LogP contribution is 2.39. The zero-order valence-corrected chi connectivity index (χ0v) is 14.0. The zero-order valence-electron chi connectivity index (χ0n) is 14.0. The first-order chi connectivity index (χ1) is 9.49. The third-order valence-corrected chi connectivity index (χ3v) is 6.30. The predicted octanol–water partition coefficient (Wildman–Crippen LogP) is 4.14. The molecule has 3 atom stereocenters. The molecule has 0 aromatic rings. The monoisotopic (exact) mass is 279 g/mol. The van der Waals surface area contributed by atoms with Crippen LogP contribution in [0.2, 0.25) is 0 Å². The highest BCUT2D eigenvalue weighted by molar-refractivity contribution is 5.82. The second-order valence-electron chi connectivity index (χ2n) is 7.60. The second-order valence-corrected chi connectivity index (χ2v) is 7.60. The van der Waals surface area contributed by atoms with Crippen molar-refractivity contribution in [3.05, 3.63) is 0 Å². The summed E-state index contributed by atoms with van der Waals surface area (Å²) in [6.07, 6.45) is 7.33. The molecule has 2 heteroatoms. The SMILES string of the molecule is CCC1(CC)CCN(CC2C(=O)CC(C)CC2C)CC1. The summed E-state index contributed by atoms with van der Waals surface area (Å²) >= 11 is 0. The predicted molar refractivity (Wildman–Crippen MR) is 84.7 cm³/mol. The van der Waals surface area contributed by atoms with Gasteiger partial charge in [0.15, 0.2) is 0 Å². The van der Waals surface area contributed by atoms with Crippen LogP contribution < -0.4 is 0 Å². The van der Waals surface area contributed by atoms with Gasteiger partial charge in [-0.05, 0) is 49.6 Å². The summed E-state index contributed by atoms with van der Waals surface area (Å²) in [5.74, 6) is 2.01. The first-order valence-corrected chi connectivity index (χ1v) is 8.74.